The van der Waals surface area contributed by atoms with Gasteiger partial charge >= 0.3 is 6.03 Å². The maximum Gasteiger partial charge on any atom is 0.331 e. The van der Waals surface area contributed by atoms with Crippen LogP contribution in [0.3, 0.4) is 0 Å². The summed E-state index contributed by atoms with van der Waals surface area (Å²) >= 11 is 1.66. The second-order valence-corrected chi connectivity index (χ2v) is 10.7. The normalized spacial score (nSPS) is 17.0. The monoisotopic (exact) mass is 499 g/mol. The van der Waals surface area contributed by atoms with Crippen molar-refractivity contribution < 1.29 is 4.79 Å². The third kappa shape index (κ3) is 4.81. The third-order valence-electron chi connectivity index (χ3n) is 6.87. The average Bonchev–Trinajstić information content (AvgIpc) is 3.24. The van der Waals surface area contributed by atoms with Crippen molar-refractivity contribution >= 4 is 44.0 Å². The zero-order valence-corrected chi connectivity index (χ0v) is 22.1. The number of benzene rings is 1. The smallest absolute Gasteiger partial charge is 0.331 e. The number of amides is 2. The van der Waals surface area contributed by atoms with Crippen molar-refractivity contribution in [1.82, 2.24) is 9.88 Å². The summed E-state index contributed by atoms with van der Waals surface area (Å²) in [6, 6.07) is 12.3. The Morgan fingerprint density at radius 1 is 1.11 bits per heavy atom. The van der Waals surface area contributed by atoms with Crippen molar-refractivity contribution in [2.45, 2.75) is 26.7 Å². The van der Waals surface area contributed by atoms with Gasteiger partial charge in [-0.15, -0.1) is 0 Å². The van der Waals surface area contributed by atoms with Crippen molar-refractivity contribution in [3.63, 3.8) is 0 Å². The predicted octanol–water partition coefficient (Wildman–Crippen LogP) is 6.44. The molecule has 2 aromatic heterocycles. The topological polar surface area (TPSA) is 51.7 Å². The van der Waals surface area contributed by atoms with E-state index in [1.807, 2.05) is 25.1 Å². The molecule has 1 aromatic carbocycles. The molecule has 3 aromatic rings. The molecule has 6 nitrogen and oxygen atoms in total. The Morgan fingerprint density at radius 3 is 2.58 bits per heavy atom. The van der Waals surface area contributed by atoms with Crippen molar-refractivity contribution in [1.29, 1.82) is 0 Å². The summed E-state index contributed by atoms with van der Waals surface area (Å²) in [6.45, 7) is 12.2. The number of carbonyl (C=O) groups is 1. The molecule has 7 heteroatoms. The highest BCUT2D eigenvalue weighted by Gasteiger charge is 2.33. The molecule has 0 spiro atoms. The van der Waals surface area contributed by atoms with Gasteiger partial charge in [0.05, 0.1) is 22.5 Å². The van der Waals surface area contributed by atoms with E-state index in [1.54, 1.807) is 22.4 Å². The number of likely N-dealkylation sites (N-methyl/N-ethyl adjacent to an activating group) is 1. The van der Waals surface area contributed by atoms with Crippen LogP contribution in [0.25, 0.3) is 10.2 Å². The fourth-order valence-electron chi connectivity index (χ4n) is 4.74. The highest BCUT2D eigenvalue weighted by molar-refractivity contribution is 7.23. The minimum atomic E-state index is -0.159. The molecule has 2 aliphatic heterocycles. The van der Waals surface area contributed by atoms with E-state index in [9.17, 15) is 4.79 Å². The van der Waals surface area contributed by atoms with Gasteiger partial charge in [-0.1, -0.05) is 59.9 Å². The van der Waals surface area contributed by atoms with E-state index in [0.29, 0.717) is 0 Å². The van der Waals surface area contributed by atoms with E-state index in [1.165, 1.54) is 11.1 Å². The minimum Gasteiger partial charge on any atom is -0.359 e. The molecule has 1 fully saturated rings. The lowest BCUT2D eigenvalue weighted by Gasteiger charge is -2.35. The van der Waals surface area contributed by atoms with Crippen LogP contribution in [0.4, 0.5) is 21.2 Å². The molecule has 36 heavy (non-hydrogen) atoms. The summed E-state index contributed by atoms with van der Waals surface area (Å²) in [7, 11) is 2.15. The number of rotatable bonds is 7. The zero-order valence-electron chi connectivity index (χ0n) is 21.3. The van der Waals surface area contributed by atoms with Crippen molar-refractivity contribution in [3.8, 4) is 0 Å². The molecule has 0 unspecified atom stereocenters. The van der Waals surface area contributed by atoms with Crippen molar-refractivity contribution in [2.75, 3.05) is 48.3 Å². The number of anilines is 3. The summed E-state index contributed by atoms with van der Waals surface area (Å²) < 4.78 is 0. The number of urea groups is 1. The van der Waals surface area contributed by atoms with E-state index in [0.717, 1.165) is 76.9 Å². The van der Waals surface area contributed by atoms with E-state index >= 15 is 0 Å². The maximum atomic E-state index is 13.6. The molecule has 0 atom stereocenters. The Bertz CT molecular complexity index is 1350. The second-order valence-electron chi connectivity index (χ2n) is 9.68. The molecule has 2 aliphatic rings. The molecule has 0 saturated carbocycles. The van der Waals surface area contributed by atoms with Crippen LogP contribution in [0, 0.1) is 0 Å². The van der Waals surface area contributed by atoms with Gasteiger partial charge in [-0.25, -0.2) is 9.78 Å². The van der Waals surface area contributed by atoms with Gasteiger partial charge in [0.15, 0.2) is 0 Å². The summed E-state index contributed by atoms with van der Waals surface area (Å²) in [5, 5.41) is 5.31. The van der Waals surface area contributed by atoms with Gasteiger partial charge in [0.1, 0.15) is 9.83 Å². The van der Waals surface area contributed by atoms with Gasteiger partial charge in [0, 0.05) is 32.4 Å². The van der Waals surface area contributed by atoms with E-state index < -0.39 is 0 Å². The summed E-state index contributed by atoms with van der Waals surface area (Å²) in [6.07, 6.45) is 7.87. The number of hydrogen-bond acceptors (Lipinski definition) is 5. The quantitative estimate of drug-likeness (QED) is 0.380. The number of hydrogen-bond donors (Lipinski definition) is 1. The highest BCUT2D eigenvalue weighted by atomic mass is 32.1. The molecule has 1 saturated heterocycles. The lowest BCUT2D eigenvalue weighted by molar-refractivity contribution is 0.258. The Hall–Kier alpha value is -3.42. The Morgan fingerprint density at radius 2 is 1.86 bits per heavy atom. The molecule has 4 heterocycles. The number of aryl methyl sites for hydroxylation is 1. The molecule has 186 valence electrons. The van der Waals surface area contributed by atoms with Gasteiger partial charge < -0.3 is 15.1 Å². The van der Waals surface area contributed by atoms with Crippen LogP contribution in [0.1, 0.15) is 25.8 Å². The summed E-state index contributed by atoms with van der Waals surface area (Å²) in [5.74, 6) is 0. The first-order valence-electron chi connectivity index (χ1n) is 12.5. The third-order valence-corrected chi connectivity index (χ3v) is 8.03. The van der Waals surface area contributed by atoms with Crippen molar-refractivity contribution in [2.24, 2.45) is 0 Å². The van der Waals surface area contributed by atoms with E-state index in [4.69, 9.17) is 0 Å². The van der Waals surface area contributed by atoms with Crippen LogP contribution in [-0.4, -0.2) is 49.1 Å². The molecule has 1 N–H and O–H groups in total. The Kier molecular flexibility index (Phi) is 6.94. The molecule has 0 bridgehead atoms. The van der Waals surface area contributed by atoms with Crippen LogP contribution in [-0.2, 0) is 6.42 Å². The van der Waals surface area contributed by atoms with Crippen LogP contribution in [0.15, 0.2) is 78.2 Å². The number of carbonyl (C=O) groups excluding carboxylic acids is 1. The Labute approximate surface area is 217 Å². The van der Waals surface area contributed by atoms with E-state index in [-0.39, 0.29) is 6.03 Å². The SMILES string of the molecule is C=C(C)/C(=C\C=C(/C)CCc1ccccc1)N1C(=O)Nc2c(N3CCN(C)CC3)sc3nccc1c23. The second kappa shape index (κ2) is 10.3. The molecule has 2 amide bonds. The lowest BCUT2D eigenvalue weighted by Crippen LogP contribution is -2.44. The zero-order chi connectivity index (χ0) is 25.2. The molecule has 0 aliphatic carbocycles. The first kappa shape index (κ1) is 24.3. The number of aromatic nitrogens is 1. The van der Waals surface area contributed by atoms with Crippen LogP contribution in [0.5, 0.6) is 0 Å². The highest BCUT2D eigenvalue weighted by Crippen LogP contribution is 2.49. The fraction of sp³-hybridized carbons (Fsp3) is 0.310. The van der Waals surface area contributed by atoms with Crippen LogP contribution >= 0.6 is 11.3 Å². The van der Waals surface area contributed by atoms with Gasteiger partial charge in [-0.3, -0.25) is 4.90 Å². The molecular weight excluding hydrogens is 466 g/mol. The van der Waals surface area contributed by atoms with E-state index in [2.05, 4.69) is 71.0 Å². The van der Waals surface area contributed by atoms with Crippen LogP contribution in [0.2, 0.25) is 0 Å². The number of allylic oxidation sites excluding steroid dienone is 4. The standard InChI is InChI=1S/C29H33N5OS/c1-20(2)23(13-11-21(3)10-12-22-8-6-5-7-9-22)34-24-14-15-30-27-25(24)26(31-29(34)35)28(36-27)33-18-16-32(4)17-19-33/h5-9,11,13-15H,1,10,12,16-19H2,2-4H3,(H,31,35)/b21-11+,23-13+. The first-order valence-corrected chi connectivity index (χ1v) is 13.3. The molecule has 5 rings (SSSR count). The molecule has 0 radical (unpaired) electrons. The first-order chi connectivity index (χ1) is 17.4. The number of thiophene rings is 1. The number of nitrogens with zero attached hydrogens (tertiary/aromatic N) is 4. The Balaban J connectivity index is 1.47. The van der Waals surface area contributed by atoms with Crippen molar-refractivity contribution in [3.05, 3.63) is 83.7 Å². The van der Waals surface area contributed by atoms with Gasteiger partial charge in [0.25, 0.3) is 0 Å². The van der Waals surface area contributed by atoms with Gasteiger partial charge in [-0.05, 0) is 57.0 Å². The average molecular weight is 500 g/mol. The molecular formula is C29H33N5OS. The van der Waals surface area contributed by atoms with Gasteiger partial charge in [-0.2, -0.15) is 0 Å². The summed E-state index contributed by atoms with van der Waals surface area (Å²) in [4.78, 5) is 25.6. The van der Waals surface area contributed by atoms with Gasteiger partial charge in [0.2, 0.25) is 0 Å². The van der Waals surface area contributed by atoms with Crippen LogP contribution < -0.4 is 15.1 Å². The fourth-order valence-corrected chi connectivity index (χ4v) is 5.91. The maximum absolute atomic E-state index is 13.6. The summed E-state index contributed by atoms with van der Waals surface area (Å²) in [5.41, 5.74) is 5.95. The number of pyridine rings is 1. The minimum absolute atomic E-state index is 0.159. The number of nitrogens with one attached hydrogen (secondary N) is 1. The predicted molar refractivity (Wildman–Crippen MR) is 152 cm³/mol. The largest absolute Gasteiger partial charge is 0.359 e. The lowest BCUT2D eigenvalue weighted by atomic mass is 10.0. The number of piperazine rings is 1.